The van der Waals surface area contributed by atoms with Crippen molar-refractivity contribution in [2.24, 2.45) is 0 Å². The van der Waals surface area contributed by atoms with E-state index in [2.05, 4.69) is 39.0 Å². The van der Waals surface area contributed by atoms with Crippen LogP contribution in [0.5, 0.6) is 0 Å². The van der Waals surface area contributed by atoms with Crippen LogP contribution in [0.15, 0.2) is 60.7 Å². The van der Waals surface area contributed by atoms with E-state index in [9.17, 15) is 4.79 Å². The molecule has 0 amide bonds. The fraction of sp³-hybridized carbons (Fsp3) is 0.200. The van der Waals surface area contributed by atoms with Gasteiger partial charge in [-0.15, -0.1) is 0 Å². The summed E-state index contributed by atoms with van der Waals surface area (Å²) in [5.74, 6) is 0.792. The second-order valence-corrected chi connectivity index (χ2v) is 5.14. The number of benzene rings is 2. The zero-order valence-corrected chi connectivity index (χ0v) is 14.0. The summed E-state index contributed by atoms with van der Waals surface area (Å²) in [4.78, 5) is 17.7. The van der Waals surface area contributed by atoms with Gasteiger partial charge in [-0.2, -0.15) is 0 Å². The first-order valence-electron chi connectivity index (χ1n) is 7.97. The van der Waals surface area contributed by atoms with Crippen molar-refractivity contribution in [3.8, 4) is 0 Å². The van der Waals surface area contributed by atoms with Crippen LogP contribution in [-0.4, -0.2) is 22.5 Å². The van der Waals surface area contributed by atoms with Crippen molar-refractivity contribution in [3.05, 3.63) is 72.1 Å². The second-order valence-electron chi connectivity index (χ2n) is 5.14. The van der Waals surface area contributed by atoms with Gasteiger partial charge in [-0.3, -0.25) is 4.79 Å². The first kappa shape index (κ1) is 17.5. The largest absolute Gasteiger partial charge is 0.466 e. The quantitative estimate of drug-likeness (QED) is 0.725. The molecule has 0 unspecified atom stereocenters. The Morgan fingerprint density at radius 3 is 2.46 bits per heavy atom. The lowest BCUT2D eigenvalue weighted by atomic mass is 10.2. The average molecular weight is 322 g/mol. The molecule has 2 aromatic carbocycles. The van der Waals surface area contributed by atoms with Crippen LogP contribution in [0.3, 0.4) is 0 Å². The van der Waals surface area contributed by atoms with Crippen molar-refractivity contribution in [2.75, 3.05) is 6.61 Å². The Labute approximate surface area is 142 Å². The molecule has 3 rings (SSSR count). The van der Waals surface area contributed by atoms with Gasteiger partial charge in [-0.25, -0.2) is 4.98 Å². The fourth-order valence-corrected chi connectivity index (χ4v) is 2.18. The summed E-state index contributed by atoms with van der Waals surface area (Å²) in [6.45, 7) is 3.65. The SMILES string of the molecule is C(=C\c1ccccc1)/Cc1nc2ccccc2[nH]1.CCOC(C)=O. The zero-order chi connectivity index (χ0) is 17.2. The van der Waals surface area contributed by atoms with Gasteiger partial charge in [0, 0.05) is 13.3 Å². The smallest absolute Gasteiger partial charge is 0.302 e. The normalized spacial score (nSPS) is 10.4. The Morgan fingerprint density at radius 2 is 1.83 bits per heavy atom. The third-order valence-electron chi connectivity index (χ3n) is 3.21. The Morgan fingerprint density at radius 1 is 1.12 bits per heavy atom. The summed E-state index contributed by atoms with van der Waals surface area (Å²) in [6.07, 6.45) is 5.07. The molecule has 0 saturated carbocycles. The third kappa shape index (κ3) is 5.72. The summed E-state index contributed by atoms with van der Waals surface area (Å²) in [7, 11) is 0. The summed E-state index contributed by atoms with van der Waals surface area (Å²) < 4.78 is 4.40. The summed E-state index contributed by atoms with van der Waals surface area (Å²) in [6, 6.07) is 18.4. The molecule has 1 aromatic heterocycles. The number of esters is 1. The molecule has 1 heterocycles. The van der Waals surface area contributed by atoms with Crippen LogP contribution in [0.4, 0.5) is 0 Å². The number of imidazole rings is 1. The second kappa shape index (κ2) is 9.30. The minimum Gasteiger partial charge on any atom is -0.466 e. The van der Waals surface area contributed by atoms with Gasteiger partial charge in [0.15, 0.2) is 0 Å². The van der Waals surface area contributed by atoms with Gasteiger partial charge in [-0.05, 0) is 24.6 Å². The molecule has 0 radical (unpaired) electrons. The van der Waals surface area contributed by atoms with Crippen molar-refractivity contribution < 1.29 is 9.53 Å². The number of nitrogens with zero attached hydrogens (tertiary/aromatic N) is 1. The number of aromatic amines is 1. The number of allylic oxidation sites excluding steroid dienone is 1. The minimum absolute atomic E-state index is 0.211. The highest BCUT2D eigenvalue weighted by molar-refractivity contribution is 5.74. The third-order valence-corrected chi connectivity index (χ3v) is 3.21. The van der Waals surface area contributed by atoms with E-state index < -0.39 is 0 Å². The number of carbonyl (C=O) groups excluding carboxylic acids is 1. The molecule has 0 spiro atoms. The monoisotopic (exact) mass is 322 g/mol. The van der Waals surface area contributed by atoms with Crippen LogP contribution in [0, 0.1) is 0 Å². The molecule has 1 N–H and O–H groups in total. The number of fused-ring (bicyclic) bond motifs is 1. The highest BCUT2D eigenvalue weighted by atomic mass is 16.5. The number of H-pyrrole nitrogens is 1. The van der Waals surface area contributed by atoms with Gasteiger partial charge in [0.05, 0.1) is 17.6 Å². The van der Waals surface area contributed by atoms with Crippen molar-refractivity contribution in [2.45, 2.75) is 20.3 Å². The Kier molecular flexibility index (Phi) is 6.77. The van der Waals surface area contributed by atoms with E-state index in [-0.39, 0.29) is 5.97 Å². The number of hydrogen-bond acceptors (Lipinski definition) is 3. The highest BCUT2D eigenvalue weighted by Crippen LogP contribution is 2.11. The molecule has 124 valence electrons. The fourth-order valence-electron chi connectivity index (χ4n) is 2.18. The Balaban J connectivity index is 0.000000301. The molecule has 0 aliphatic carbocycles. The van der Waals surface area contributed by atoms with Crippen molar-refractivity contribution in [1.82, 2.24) is 9.97 Å². The summed E-state index contributed by atoms with van der Waals surface area (Å²) >= 11 is 0. The van der Waals surface area contributed by atoms with Gasteiger partial charge in [0.1, 0.15) is 5.82 Å². The summed E-state index contributed by atoms with van der Waals surface area (Å²) in [5.41, 5.74) is 3.34. The number of nitrogens with one attached hydrogen (secondary N) is 1. The predicted octanol–water partition coefficient (Wildman–Crippen LogP) is 4.39. The van der Waals surface area contributed by atoms with Gasteiger partial charge in [0.25, 0.3) is 0 Å². The standard InChI is InChI=1S/C16H14N2.C4H8O2/c1-2-7-13(8-3-1)9-6-12-16-17-14-10-4-5-11-15(14)18-16;1-3-6-4(2)5/h1-11H,12H2,(H,17,18);3H2,1-2H3/b9-6+;. The molecule has 0 bridgehead atoms. The zero-order valence-electron chi connectivity index (χ0n) is 14.0. The van der Waals surface area contributed by atoms with Gasteiger partial charge in [-0.1, -0.05) is 54.6 Å². The van der Waals surface area contributed by atoms with E-state index in [1.165, 1.54) is 12.5 Å². The molecular weight excluding hydrogens is 300 g/mol. The molecule has 0 fully saturated rings. The topological polar surface area (TPSA) is 55.0 Å². The lowest BCUT2D eigenvalue weighted by molar-refractivity contribution is -0.140. The predicted molar refractivity (Wildman–Crippen MR) is 97.6 cm³/mol. The maximum atomic E-state index is 9.82. The Bertz CT molecular complexity index is 759. The van der Waals surface area contributed by atoms with Crippen LogP contribution in [-0.2, 0) is 16.0 Å². The molecule has 0 atom stereocenters. The first-order chi connectivity index (χ1) is 11.7. The van der Waals surface area contributed by atoms with E-state index in [1.54, 1.807) is 6.92 Å². The average Bonchev–Trinajstić information content (AvgIpc) is 2.99. The molecule has 0 aliphatic heterocycles. The number of carbonyl (C=O) groups is 1. The van der Waals surface area contributed by atoms with Gasteiger partial charge >= 0.3 is 5.97 Å². The van der Waals surface area contributed by atoms with E-state index in [4.69, 9.17) is 0 Å². The van der Waals surface area contributed by atoms with Gasteiger partial charge in [0.2, 0.25) is 0 Å². The van der Waals surface area contributed by atoms with Crippen LogP contribution >= 0.6 is 0 Å². The number of aromatic nitrogens is 2. The molecule has 0 saturated heterocycles. The number of hydrogen-bond donors (Lipinski definition) is 1. The number of para-hydroxylation sites is 2. The highest BCUT2D eigenvalue weighted by Gasteiger charge is 1.98. The molecule has 24 heavy (non-hydrogen) atoms. The van der Waals surface area contributed by atoms with Crippen molar-refractivity contribution in [1.29, 1.82) is 0 Å². The molecule has 4 heteroatoms. The molecule has 3 aromatic rings. The van der Waals surface area contributed by atoms with Crippen LogP contribution in [0.2, 0.25) is 0 Å². The summed E-state index contributed by atoms with van der Waals surface area (Å²) in [5, 5.41) is 0. The van der Waals surface area contributed by atoms with Crippen LogP contribution in [0.1, 0.15) is 25.2 Å². The Hall–Kier alpha value is -2.88. The minimum atomic E-state index is -0.211. The van der Waals surface area contributed by atoms with E-state index in [0.29, 0.717) is 6.61 Å². The molecule has 4 nitrogen and oxygen atoms in total. The lowest BCUT2D eigenvalue weighted by Crippen LogP contribution is -1.95. The van der Waals surface area contributed by atoms with Gasteiger partial charge < -0.3 is 9.72 Å². The van der Waals surface area contributed by atoms with Crippen molar-refractivity contribution in [3.63, 3.8) is 0 Å². The number of ether oxygens (including phenoxy) is 1. The number of rotatable bonds is 4. The van der Waals surface area contributed by atoms with E-state index >= 15 is 0 Å². The van der Waals surface area contributed by atoms with Crippen LogP contribution in [0.25, 0.3) is 17.1 Å². The van der Waals surface area contributed by atoms with Crippen molar-refractivity contribution >= 4 is 23.1 Å². The first-order valence-corrected chi connectivity index (χ1v) is 7.97. The molecular formula is C20H22N2O2. The van der Waals surface area contributed by atoms with E-state index in [0.717, 1.165) is 23.3 Å². The molecule has 0 aliphatic rings. The van der Waals surface area contributed by atoms with E-state index in [1.807, 2.05) is 42.5 Å². The maximum absolute atomic E-state index is 9.82. The van der Waals surface area contributed by atoms with Crippen LogP contribution < -0.4 is 0 Å². The maximum Gasteiger partial charge on any atom is 0.302 e. The lowest BCUT2D eigenvalue weighted by Gasteiger charge is -1.91.